The molecule has 0 bridgehead atoms. The van der Waals surface area contributed by atoms with Crippen molar-refractivity contribution in [1.82, 2.24) is 10.2 Å². The molecule has 4 atom stereocenters. The fourth-order valence-electron chi connectivity index (χ4n) is 4.29. The number of carbonyl (C=O) groups is 1. The third-order valence-electron chi connectivity index (χ3n) is 5.65. The van der Waals surface area contributed by atoms with Gasteiger partial charge in [-0.05, 0) is 62.3 Å². The quantitative estimate of drug-likeness (QED) is 0.832. The molecule has 2 aromatic rings. The average molecular weight is 384 g/mol. The Balaban J connectivity index is 1.51. The van der Waals surface area contributed by atoms with E-state index < -0.39 is 12.2 Å². The summed E-state index contributed by atoms with van der Waals surface area (Å²) in [4.78, 5) is 14.9. The molecule has 1 aliphatic carbocycles. The number of aliphatic hydroxyl groups excluding tert-OH is 1. The zero-order valence-electron chi connectivity index (χ0n) is 15.6. The summed E-state index contributed by atoms with van der Waals surface area (Å²) >= 11 is 0. The fraction of sp³-hybridized carbons (Fsp3) is 0.409. The van der Waals surface area contributed by atoms with Crippen LogP contribution in [0.2, 0.25) is 0 Å². The number of nitrogens with zero attached hydrogens (tertiary/aromatic N) is 1. The number of hydrogen-bond acceptors (Lipinski definition) is 4. The highest BCUT2D eigenvalue weighted by Gasteiger charge is 2.47. The van der Waals surface area contributed by atoms with Gasteiger partial charge >= 0.3 is 0 Å². The SMILES string of the molecule is O=C(N[C@@H]1C[C@@H](Oc2ccccc2)[C@H](O)[C@H]1N1CCCC1)c1ccc(F)cc1. The molecular formula is C22H25FN2O3. The molecule has 4 rings (SSSR count). The summed E-state index contributed by atoms with van der Waals surface area (Å²) in [6, 6.07) is 14.5. The van der Waals surface area contributed by atoms with Crippen LogP contribution in [0.15, 0.2) is 54.6 Å². The molecule has 2 aromatic carbocycles. The first-order valence-electron chi connectivity index (χ1n) is 9.82. The Morgan fingerprint density at radius 3 is 2.43 bits per heavy atom. The number of amides is 1. The normalized spacial score (nSPS) is 27.6. The van der Waals surface area contributed by atoms with E-state index in [0.717, 1.165) is 25.9 Å². The Hall–Kier alpha value is -2.44. The van der Waals surface area contributed by atoms with Crippen molar-refractivity contribution in [2.45, 2.75) is 43.6 Å². The van der Waals surface area contributed by atoms with Crippen LogP contribution in [-0.4, -0.2) is 53.3 Å². The smallest absolute Gasteiger partial charge is 0.251 e. The van der Waals surface area contributed by atoms with Gasteiger partial charge in [-0.25, -0.2) is 4.39 Å². The van der Waals surface area contributed by atoms with E-state index in [0.29, 0.717) is 17.7 Å². The molecule has 0 radical (unpaired) electrons. The van der Waals surface area contributed by atoms with E-state index in [-0.39, 0.29) is 23.8 Å². The van der Waals surface area contributed by atoms with Crippen molar-refractivity contribution in [1.29, 1.82) is 0 Å². The van der Waals surface area contributed by atoms with Gasteiger partial charge in [-0.2, -0.15) is 0 Å². The van der Waals surface area contributed by atoms with Gasteiger partial charge < -0.3 is 15.2 Å². The average Bonchev–Trinajstić information content (AvgIpc) is 3.32. The molecule has 1 aliphatic heterocycles. The second-order valence-corrected chi connectivity index (χ2v) is 7.52. The van der Waals surface area contributed by atoms with Gasteiger partial charge in [0.1, 0.15) is 23.8 Å². The molecule has 1 amide bonds. The van der Waals surface area contributed by atoms with E-state index in [9.17, 15) is 14.3 Å². The molecule has 28 heavy (non-hydrogen) atoms. The summed E-state index contributed by atoms with van der Waals surface area (Å²) in [5.74, 6) is 0.0677. The minimum absolute atomic E-state index is 0.194. The highest BCUT2D eigenvalue weighted by Crippen LogP contribution is 2.31. The summed E-state index contributed by atoms with van der Waals surface area (Å²) < 4.78 is 19.2. The lowest BCUT2D eigenvalue weighted by molar-refractivity contribution is 0.0139. The number of para-hydroxylation sites is 1. The topological polar surface area (TPSA) is 61.8 Å². The lowest BCUT2D eigenvalue weighted by Crippen LogP contribution is -2.52. The monoisotopic (exact) mass is 384 g/mol. The molecule has 1 saturated carbocycles. The number of likely N-dealkylation sites (tertiary alicyclic amines) is 1. The zero-order chi connectivity index (χ0) is 19.5. The number of halogens is 1. The van der Waals surface area contributed by atoms with Gasteiger partial charge in [0.2, 0.25) is 0 Å². The van der Waals surface area contributed by atoms with E-state index >= 15 is 0 Å². The van der Waals surface area contributed by atoms with Crippen LogP contribution in [0.1, 0.15) is 29.6 Å². The second kappa shape index (κ2) is 8.29. The van der Waals surface area contributed by atoms with E-state index in [4.69, 9.17) is 4.74 Å². The van der Waals surface area contributed by atoms with Gasteiger partial charge in [-0.3, -0.25) is 9.69 Å². The van der Waals surface area contributed by atoms with Gasteiger partial charge in [0, 0.05) is 12.0 Å². The number of ether oxygens (including phenoxy) is 1. The lowest BCUT2D eigenvalue weighted by atomic mass is 10.1. The number of carbonyl (C=O) groups excluding carboxylic acids is 1. The van der Waals surface area contributed by atoms with Crippen LogP contribution < -0.4 is 10.1 Å². The highest BCUT2D eigenvalue weighted by atomic mass is 19.1. The standard InChI is InChI=1S/C22H25FN2O3/c23-16-10-8-15(9-11-16)22(27)24-18-14-19(28-17-6-2-1-3-7-17)21(26)20(18)25-12-4-5-13-25/h1-3,6-11,18-21,26H,4-5,12-14H2,(H,24,27)/t18-,19-,20+,21+/m1/s1. The number of hydrogen-bond donors (Lipinski definition) is 2. The zero-order valence-corrected chi connectivity index (χ0v) is 15.6. The Labute approximate surface area is 164 Å². The predicted octanol–water partition coefficient (Wildman–Crippen LogP) is 2.60. The largest absolute Gasteiger partial charge is 0.488 e. The molecule has 1 saturated heterocycles. The molecule has 2 N–H and O–H groups in total. The minimum Gasteiger partial charge on any atom is -0.488 e. The Kier molecular flexibility index (Phi) is 5.59. The van der Waals surface area contributed by atoms with Gasteiger partial charge in [-0.1, -0.05) is 18.2 Å². The molecule has 2 fully saturated rings. The van der Waals surface area contributed by atoms with Crippen molar-refractivity contribution < 1.29 is 19.0 Å². The van der Waals surface area contributed by atoms with Crippen LogP contribution in [-0.2, 0) is 0 Å². The van der Waals surface area contributed by atoms with Crippen molar-refractivity contribution >= 4 is 5.91 Å². The van der Waals surface area contributed by atoms with Crippen LogP contribution in [0.5, 0.6) is 5.75 Å². The third kappa shape index (κ3) is 4.03. The molecule has 148 valence electrons. The number of nitrogens with one attached hydrogen (secondary N) is 1. The number of benzene rings is 2. The summed E-state index contributed by atoms with van der Waals surface area (Å²) in [6.45, 7) is 1.81. The first-order valence-corrected chi connectivity index (χ1v) is 9.82. The van der Waals surface area contributed by atoms with Crippen LogP contribution in [0.4, 0.5) is 4.39 Å². The maximum atomic E-state index is 13.1. The molecule has 5 nitrogen and oxygen atoms in total. The van der Waals surface area contributed by atoms with E-state index in [1.807, 2.05) is 30.3 Å². The summed E-state index contributed by atoms with van der Waals surface area (Å²) in [5.41, 5.74) is 0.406. The summed E-state index contributed by atoms with van der Waals surface area (Å²) in [5, 5.41) is 14.0. The number of rotatable bonds is 5. The van der Waals surface area contributed by atoms with Crippen molar-refractivity contribution in [2.24, 2.45) is 0 Å². The van der Waals surface area contributed by atoms with Crippen molar-refractivity contribution in [3.05, 3.63) is 66.0 Å². The number of aliphatic hydroxyl groups is 1. The van der Waals surface area contributed by atoms with Gasteiger partial charge in [0.05, 0.1) is 12.1 Å². The fourth-order valence-corrected chi connectivity index (χ4v) is 4.29. The molecule has 2 aliphatic rings. The first kappa shape index (κ1) is 18.9. The van der Waals surface area contributed by atoms with Crippen molar-refractivity contribution in [2.75, 3.05) is 13.1 Å². The maximum Gasteiger partial charge on any atom is 0.251 e. The molecule has 0 unspecified atom stereocenters. The highest BCUT2D eigenvalue weighted by molar-refractivity contribution is 5.94. The van der Waals surface area contributed by atoms with E-state index in [2.05, 4.69) is 10.2 Å². The van der Waals surface area contributed by atoms with Crippen LogP contribution in [0.3, 0.4) is 0 Å². The van der Waals surface area contributed by atoms with E-state index in [1.54, 1.807) is 0 Å². The molecule has 0 spiro atoms. The Bertz CT molecular complexity index is 793. The minimum atomic E-state index is -0.697. The second-order valence-electron chi connectivity index (χ2n) is 7.52. The summed E-state index contributed by atoms with van der Waals surface area (Å²) in [7, 11) is 0. The molecule has 0 aromatic heterocycles. The first-order chi connectivity index (χ1) is 13.6. The molecule has 6 heteroatoms. The van der Waals surface area contributed by atoms with Crippen molar-refractivity contribution in [3.8, 4) is 5.75 Å². The van der Waals surface area contributed by atoms with Crippen LogP contribution in [0, 0.1) is 5.82 Å². The Morgan fingerprint density at radius 2 is 1.75 bits per heavy atom. The third-order valence-corrected chi connectivity index (χ3v) is 5.65. The van der Waals surface area contributed by atoms with Gasteiger partial charge in [-0.15, -0.1) is 0 Å². The Morgan fingerprint density at radius 1 is 1.07 bits per heavy atom. The molecule has 1 heterocycles. The lowest BCUT2D eigenvalue weighted by Gasteiger charge is -2.32. The van der Waals surface area contributed by atoms with Gasteiger partial charge in [0.25, 0.3) is 5.91 Å². The van der Waals surface area contributed by atoms with Gasteiger partial charge in [0.15, 0.2) is 0 Å². The van der Waals surface area contributed by atoms with E-state index in [1.165, 1.54) is 24.3 Å². The maximum absolute atomic E-state index is 13.1. The summed E-state index contributed by atoms with van der Waals surface area (Å²) in [6.07, 6.45) is 1.60. The van der Waals surface area contributed by atoms with Crippen LogP contribution in [0.25, 0.3) is 0 Å². The van der Waals surface area contributed by atoms with Crippen LogP contribution >= 0.6 is 0 Å². The predicted molar refractivity (Wildman–Crippen MR) is 104 cm³/mol. The molecular weight excluding hydrogens is 359 g/mol. The van der Waals surface area contributed by atoms with Crippen molar-refractivity contribution in [3.63, 3.8) is 0 Å².